The molecule has 1 aliphatic rings. The molecular formula is C21H28N6O2. The number of hydrogen-bond acceptors (Lipinski definition) is 5. The molecule has 1 aromatic carbocycles. The first-order chi connectivity index (χ1) is 13.9. The summed E-state index contributed by atoms with van der Waals surface area (Å²) in [6.07, 6.45) is 1.60. The van der Waals surface area contributed by atoms with Gasteiger partial charge in [0.15, 0.2) is 0 Å². The Morgan fingerprint density at radius 3 is 2.45 bits per heavy atom. The van der Waals surface area contributed by atoms with Gasteiger partial charge in [0.05, 0.1) is 12.2 Å². The van der Waals surface area contributed by atoms with Crippen molar-refractivity contribution in [2.75, 3.05) is 25.5 Å². The van der Waals surface area contributed by atoms with Crippen molar-refractivity contribution in [3.63, 3.8) is 0 Å². The molecule has 29 heavy (non-hydrogen) atoms. The van der Waals surface area contributed by atoms with Gasteiger partial charge in [-0.25, -0.2) is 14.8 Å². The summed E-state index contributed by atoms with van der Waals surface area (Å²) in [5.41, 5.74) is 3.72. The lowest BCUT2D eigenvalue weighted by molar-refractivity contribution is -0.128. The summed E-state index contributed by atoms with van der Waals surface area (Å²) < 4.78 is 0. The monoisotopic (exact) mass is 396 g/mol. The molecule has 1 aromatic heterocycles. The van der Waals surface area contributed by atoms with Gasteiger partial charge >= 0.3 is 6.03 Å². The predicted molar refractivity (Wildman–Crippen MR) is 111 cm³/mol. The van der Waals surface area contributed by atoms with E-state index in [1.54, 1.807) is 0 Å². The quantitative estimate of drug-likeness (QED) is 0.747. The summed E-state index contributed by atoms with van der Waals surface area (Å²) in [5.74, 6) is 0.849. The van der Waals surface area contributed by atoms with Crippen molar-refractivity contribution in [3.8, 4) is 0 Å². The molecule has 2 N–H and O–H groups in total. The number of likely N-dealkylation sites (tertiary alicyclic amines) is 1. The van der Waals surface area contributed by atoms with Crippen LogP contribution in [0.4, 0.5) is 10.7 Å². The highest BCUT2D eigenvalue weighted by molar-refractivity contribution is 5.78. The van der Waals surface area contributed by atoms with Crippen molar-refractivity contribution in [3.05, 3.63) is 52.8 Å². The normalized spacial score (nSPS) is 13.5. The molecule has 154 valence electrons. The van der Waals surface area contributed by atoms with Gasteiger partial charge in [0.1, 0.15) is 0 Å². The molecule has 0 unspecified atom stereocenters. The summed E-state index contributed by atoms with van der Waals surface area (Å²) in [4.78, 5) is 36.3. The number of nitrogens with zero attached hydrogens (tertiary/aromatic N) is 4. The van der Waals surface area contributed by atoms with Gasteiger partial charge in [-0.3, -0.25) is 4.79 Å². The third-order valence-electron chi connectivity index (χ3n) is 4.75. The van der Waals surface area contributed by atoms with Crippen LogP contribution in [0.25, 0.3) is 0 Å². The lowest BCUT2D eigenvalue weighted by Crippen LogP contribution is -2.34. The summed E-state index contributed by atoms with van der Waals surface area (Å²) >= 11 is 0. The van der Waals surface area contributed by atoms with Crippen LogP contribution >= 0.6 is 0 Å². The number of urea groups is 1. The van der Waals surface area contributed by atoms with Gasteiger partial charge < -0.3 is 20.4 Å². The van der Waals surface area contributed by atoms with E-state index in [1.807, 2.05) is 61.2 Å². The van der Waals surface area contributed by atoms with E-state index in [4.69, 9.17) is 0 Å². The van der Waals surface area contributed by atoms with Crippen molar-refractivity contribution in [2.24, 2.45) is 0 Å². The molecule has 0 spiro atoms. The Morgan fingerprint density at radius 1 is 1.10 bits per heavy atom. The second-order valence-corrected chi connectivity index (χ2v) is 7.47. The zero-order valence-electron chi connectivity index (χ0n) is 17.2. The van der Waals surface area contributed by atoms with Crippen molar-refractivity contribution in [1.29, 1.82) is 0 Å². The van der Waals surface area contributed by atoms with Gasteiger partial charge in [-0.15, -0.1) is 0 Å². The minimum Gasteiger partial charge on any atom is -0.347 e. The molecule has 0 radical (unpaired) electrons. The Balaban J connectivity index is 1.45. The van der Waals surface area contributed by atoms with Gasteiger partial charge in [0, 0.05) is 45.8 Å². The molecular weight excluding hydrogens is 368 g/mol. The molecule has 0 atom stereocenters. The number of nitrogens with one attached hydrogen (secondary N) is 2. The maximum absolute atomic E-state index is 12.1. The maximum atomic E-state index is 12.1. The molecule has 1 fully saturated rings. The number of hydrogen-bond donors (Lipinski definition) is 2. The number of carbonyl (C=O) groups excluding carboxylic acids is 2. The highest BCUT2D eigenvalue weighted by Crippen LogP contribution is 2.14. The van der Waals surface area contributed by atoms with Gasteiger partial charge in [0.25, 0.3) is 0 Å². The van der Waals surface area contributed by atoms with Crippen LogP contribution in [0.5, 0.6) is 0 Å². The van der Waals surface area contributed by atoms with Crippen LogP contribution in [0.3, 0.4) is 0 Å². The SMILES string of the molecule is Cc1cc(CNC(=O)NCc2ccc(CN3CCCC3=O)cc2)nc(N(C)C)n1. The third kappa shape index (κ3) is 5.91. The zero-order chi connectivity index (χ0) is 20.8. The van der Waals surface area contributed by atoms with Crippen LogP contribution in [0, 0.1) is 6.92 Å². The Hall–Kier alpha value is -3.16. The minimum absolute atomic E-state index is 0.226. The van der Waals surface area contributed by atoms with Gasteiger partial charge in [-0.2, -0.15) is 0 Å². The van der Waals surface area contributed by atoms with E-state index in [2.05, 4.69) is 20.6 Å². The first kappa shape index (κ1) is 20.6. The third-order valence-corrected chi connectivity index (χ3v) is 4.75. The van der Waals surface area contributed by atoms with E-state index in [9.17, 15) is 9.59 Å². The minimum atomic E-state index is -0.251. The topological polar surface area (TPSA) is 90.5 Å². The van der Waals surface area contributed by atoms with E-state index in [0.29, 0.717) is 32.0 Å². The first-order valence-electron chi connectivity index (χ1n) is 9.80. The van der Waals surface area contributed by atoms with Crippen LogP contribution in [0.2, 0.25) is 0 Å². The first-order valence-corrected chi connectivity index (χ1v) is 9.80. The molecule has 0 saturated carbocycles. The maximum Gasteiger partial charge on any atom is 0.315 e. The summed E-state index contributed by atoms with van der Waals surface area (Å²) in [5, 5.41) is 5.68. The van der Waals surface area contributed by atoms with Gasteiger partial charge in [-0.1, -0.05) is 24.3 Å². The molecule has 1 aliphatic heterocycles. The molecule has 3 amide bonds. The van der Waals surface area contributed by atoms with E-state index in [0.717, 1.165) is 35.5 Å². The smallest absolute Gasteiger partial charge is 0.315 e. The summed E-state index contributed by atoms with van der Waals surface area (Å²) in [7, 11) is 3.76. The second kappa shape index (κ2) is 9.36. The van der Waals surface area contributed by atoms with Gasteiger partial charge in [-0.05, 0) is 30.5 Å². The van der Waals surface area contributed by atoms with Crippen molar-refractivity contribution < 1.29 is 9.59 Å². The highest BCUT2D eigenvalue weighted by atomic mass is 16.2. The Morgan fingerprint density at radius 2 is 1.79 bits per heavy atom. The fourth-order valence-electron chi connectivity index (χ4n) is 3.18. The number of anilines is 1. The van der Waals surface area contributed by atoms with Crippen LogP contribution in [-0.4, -0.2) is 47.4 Å². The molecule has 8 heteroatoms. The van der Waals surface area contributed by atoms with Crippen LogP contribution in [-0.2, 0) is 24.4 Å². The summed E-state index contributed by atoms with van der Waals surface area (Å²) in [6, 6.07) is 9.58. The lowest BCUT2D eigenvalue weighted by Gasteiger charge is -2.15. The number of aromatic nitrogens is 2. The Labute approximate surface area is 171 Å². The molecule has 0 aliphatic carbocycles. The fourth-order valence-corrected chi connectivity index (χ4v) is 3.18. The average Bonchev–Trinajstić information content (AvgIpc) is 3.10. The van der Waals surface area contributed by atoms with Crippen LogP contribution in [0.1, 0.15) is 35.4 Å². The predicted octanol–water partition coefficient (Wildman–Crippen LogP) is 1.97. The fraction of sp³-hybridized carbons (Fsp3) is 0.429. The highest BCUT2D eigenvalue weighted by Gasteiger charge is 2.19. The number of amides is 3. The van der Waals surface area contributed by atoms with E-state index in [-0.39, 0.29) is 11.9 Å². The lowest BCUT2D eigenvalue weighted by atomic mass is 10.1. The number of aryl methyl sites for hydroxylation is 1. The van der Waals surface area contributed by atoms with Crippen molar-refractivity contribution in [2.45, 2.75) is 39.4 Å². The zero-order valence-corrected chi connectivity index (χ0v) is 17.2. The molecule has 8 nitrogen and oxygen atoms in total. The standard InChI is InChI=1S/C21H28N6O2/c1-15-11-18(25-20(24-15)26(2)3)13-23-21(29)22-12-16-6-8-17(9-7-16)14-27-10-4-5-19(27)28/h6-9,11H,4-5,10,12-14H2,1-3H3,(H2,22,23,29). The van der Waals surface area contributed by atoms with Crippen molar-refractivity contribution in [1.82, 2.24) is 25.5 Å². The Kier molecular flexibility index (Phi) is 6.64. The molecule has 3 rings (SSSR count). The molecule has 2 aromatic rings. The summed E-state index contributed by atoms with van der Waals surface area (Å²) in [6.45, 7) is 4.16. The number of benzene rings is 1. The van der Waals surface area contributed by atoms with E-state index >= 15 is 0 Å². The van der Waals surface area contributed by atoms with Gasteiger partial charge in [0.2, 0.25) is 11.9 Å². The van der Waals surface area contributed by atoms with Crippen LogP contribution in [0.15, 0.2) is 30.3 Å². The van der Waals surface area contributed by atoms with Crippen LogP contribution < -0.4 is 15.5 Å². The second-order valence-electron chi connectivity index (χ2n) is 7.47. The van der Waals surface area contributed by atoms with E-state index < -0.39 is 0 Å². The molecule has 2 heterocycles. The molecule has 1 saturated heterocycles. The number of rotatable bonds is 7. The van der Waals surface area contributed by atoms with Crippen molar-refractivity contribution >= 4 is 17.9 Å². The van der Waals surface area contributed by atoms with E-state index in [1.165, 1.54) is 0 Å². The Bertz CT molecular complexity index is 866. The number of carbonyl (C=O) groups is 2. The largest absolute Gasteiger partial charge is 0.347 e. The average molecular weight is 396 g/mol. The molecule has 0 bridgehead atoms.